The summed E-state index contributed by atoms with van der Waals surface area (Å²) < 4.78 is 0. The average Bonchev–Trinajstić information content (AvgIpc) is 2.38. The monoisotopic (exact) mass is 279 g/mol. The van der Waals surface area contributed by atoms with Crippen molar-refractivity contribution in [3.05, 3.63) is 34.4 Å². The first-order chi connectivity index (χ1) is 9.56. The Morgan fingerprint density at radius 1 is 1.50 bits per heavy atom. The van der Waals surface area contributed by atoms with Gasteiger partial charge in [0.25, 0.3) is 5.69 Å². The summed E-state index contributed by atoms with van der Waals surface area (Å²) in [6, 6.07) is 6.03. The van der Waals surface area contributed by atoms with Gasteiger partial charge in [-0.1, -0.05) is 12.1 Å². The van der Waals surface area contributed by atoms with Crippen LogP contribution in [0.4, 0.5) is 11.4 Å². The number of aliphatic hydroxyl groups excluding tert-OH is 1. The Labute approximate surface area is 116 Å². The Balaban J connectivity index is 1.96. The number of rotatable bonds is 4. The molecule has 108 valence electrons. The third kappa shape index (κ3) is 3.75. The molecule has 1 aromatic rings. The molecule has 0 spiro atoms. The number of β-amino-alcohol motifs (C(OH)–C–C–N with tert-alkyl or cyclic N) is 1. The molecule has 1 aromatic carbocycles. The Hall–Kier alpha value is -1.99. The Kier molecular flexibility index (Phi) is 4.65. The second-order valence-electron chi connectivity index (χ2n) is 4.85. The number of nitro benzene ring substituents is 1. The molecule has 1 fully saturated rings. The molecule has 1 saturated heterocycles. The molecule has 0 saturated carbocycles. The van der Waals surface area contributed by atoms with Crippen molar-refractivity contribution >= 4 is 17.3 Å². The zero-order valence-electron chi connectivity index (χ0n) is 11.0. The number of hydrogen-bond donors (Lipinski definition) is 2. The molecule has 0 radical (unpaired) electrons. The van der Waals surface area contributed by atoms with E-state index in [4.69, 9.17) is 0 Å². The topological polar surface area (TPSA) is 95.7 Å². The third-order valence-electron chi connectivity index (χ3n) is 3.22. The van der Waals surface area contributed by atoms with E-state index in [1.165, 1.54) is 12.1 Å². The van der Waals surface area contributed by atoms with Gasteiger partial charge in [0.2, 0.25) is 5.91 Å². The summed E-state index contributed by atoms with van der Waals surface area (Å²) in [5.41, 5.74) is 0.0691. The Morgan fingerprint density at radius 2 is 2.25 bits per heavy atom. The van der Waals surface area contributed by atoms with Crippen LogP contribution in [0.25, 0.3) is 0 Å². The lowest BCUT2D eigenvalue weighted by atomic mass is 10.1. The number of aliphatic hydroxyl groups is 1. The number of carbonyl (C=O) groups excluding carboxylic acids is 1. The van der Waals surface area contributed by atoms with Gasteiger partial charge < -0.3 is 10.4 Å². The molecule has 0 bridgehead atoms. The van der Waals surface area contributed by atoms with E-state index in [0.29, 0.717) is 6.54 Å². The van der Waals surface area contributed by atoms with Crippen molar-refractivity contribution < 1.29 is 14.8 Å². The summed E-state index contributed by atoms with van der Waals surface area (Å²) in [7, 11) is 0. The fraction of sp³-hybridized carbons (Fsp3) is 0.462. The molecule has 2 rings (SSSR count). The Bertz CT molecular complexity index is 506. The van der Waals surface area contributed by atoms with E-state index < -0.39 is 11.0 Å². The normalized spacial score (nSPS) is 19.6. The van der Waals surface area contributed by atoms with Gasteiger partial charge in [0, 0.05) is 12.6 Å². The zero-order valence-corrected chi connectivity index (χ0v) is 11.0. The lowest BCUT2D eigenvalue weighted by Gasteiger charge is -2.29. The van der Waals surface area contributed by atoms with Crippen LogP contribution >= 0.6 is 0 Å². The summed E-state index contributed by atoms with van der Waals surface area (Å²) in [5, 5.41) is 22.9. The molecular formula is C13H17N3O4. The number of nitro groups is 1. The van der Waals surface area contributed by atoms with E-state index in [2.05, 4.69) is 5.32 Å². The summed E-state index contributed by atoms with van der Waals surface area (Å²) in [4.78, 5) is 24.1. The van der Waals surface area contributed by atoms with Crippen LogP contribution in [0.5, 0.6) is 0 Å². The van der Waals surface area contributed by atoms with Crippen molar-refractivity contribution in [2.75, 3.05) is 25.0 Å². The molecular weight excluding hydrogens is 262 g/mol. The number of piperidine rings is 1. The molecule has 0 aliphatic carbocycles. The highest BCUT2D eigenvalue weighted by Crippen LogP contribution is 2.23. The second kappa shape index (κ2) is 6.44. The fourth-order valence-corrected chi connectivity index (χ4v) is 2.31. The molecule has 7 heteroatoms. The molecule has 0 aromatic heterocycles. The SMILES string of the molecule is O=C(CN1CCCC(O)C1)Nc1ccccc1[N+](=O)[O-]. The van der Waals surface area contributed by atoms with Crippen molar-refractivity contribution in [2.24, 2.45) is 0 Å². The molecule has 1 amide bonds. The second-order valence-corrected chi connectivity index (χ2v) is 4.85. The summed E-state index contributed by atoms with van der Waals surface area (Å²) in [6.45, 7) is 1.34. The van der Waals surface area contributed by atoms with Crippen LogP contribution in [0, 0.1) is 10.1 Å². The number of para-hydroxylation sites is 2. The van der Waals surface area contributed by atoms with Crippen LogP contribution in [0.15, 0.2) is 24.3 Å². The smallest absolute Gasteiger partial charge is 0.292 e. The highest BCUT2D eigenvalue weighted by molar-refractivity contribution is 5.94. The van der Waals surface area contributed by atoms with Crippen molar-refractivity contribution in [3.8, 4) is 0 Å². The molecule has 20 heavy (non-hydrogen) atoms. The predicted octanol–water partition coefficient (Wildman–Crippen LogP) is 0.990. The number of anilines is 1. The quantitative estimate of drug-likeness (QED) is 0.633. The van der Waals surface area contributed by atoms with Crippen molar-refractivity contribution in [3.63, 3.8) is 0 Å². The first-order valence-corrected chi connectivity index (χ1v) is 6.50. The van der Waals surface area contributed by atoms with Gasteiger partial charge in [-0.25, -0.2) is 0 Å². The summed E-state index contributed by atoms with van der Waals surface area (Å²) >= 11 is 0. The van der Waals surface area contributed by atoms with Crippen LogP contribution in [0.1, 0.15) is 12.8 Å². The number of carbonyl (C=O) groups is 1. The van der Waals surface area contributed by atoms with Gasteiger partial charge in [0.1, 0.15) is 5.69 Å². The number of likely N-dealkylation sites (tertiary alicyclic amines) is 1. The molecule has 1 atom stereocenters. The lowest BCUT2D eigenvalue weighted by Crippen LogP contribution is -2.42. The number of nitrogens with zero attached hydrogens (tertiary/aromatic N) is 2. The average molecular weight is 279 g/mol. The zero-order chi connectivity index (χ0) is 14.5. The largest absolute Gasteiger partial charge is 0.392 e. The highest BCUT2D eigenvalue weighted by Gasteiger charge is 2.21. The molecule has 1 unspecified atom stereocenters. The maximum absolute atomic E-state index is 11.9. The summed E-state index contributed by atoms with van der Waals surface area (Å²) in [5.74, 6) is -0.312. The first kappa shape index (κ1) is 14.4. The lowest BCUT2D eigenvalue weighted by molar-refractivity contribution is -0.383. The molecule has 1 aliphatic rings. The van der Waals surface area contributed by atoms with E-state index in [1.54, 1.807) is 12.1 Å². The Morgan fingerprint density at radius 3 is 2.95 bits per heavy atom. The van der Waals surface area contributed by atoms with Gasteiger partial charge in [-0.3, -0.25) is 19.8 Å². The van der Waals surface area contributed by atoms with E-state index in [0.717, 1.165) is 19.4 Å². The third-order valence-corrected chi connectivity index (χ3v) is 3.22. The summed E-state index contributed by atoms with van der Waals surface area (Å²) in [6.07, 6.45) is 1.20. The van der Waals surface area contributed by atoms with Crippen molar-refractivity contribution in [2.45, 2.75) is 18.9 Å². The fourth-order valence-electron chi connectivity index (χ4n) is 2.31. The van der Waals surface area contributed by atoms with Crippen LogP contribution in [0.2, 0.25) is 0 Å². The van der Waals surface area contributed by atoms with Crippen molar-refractivity contribution in [1.29, 1.82) is 0 Å². The molecule has 2 N–H and O–H groups in total. The number of amides is 1. The van der Waals surface area contributed by atoms with Gasteiger partial charge in [0.05, 0.1) is 17.6 Å². The molecule has 7 nitrogen and oxygen atoms in total. The predicted molar refractivity (Wildman–Crippen MR) is 73.4 cm³/mol. The van der Waals surface area contributed by atoms with Crippen LogP contribution in [-0.2, 0) is 4.79 Å². The van der Waals surface area contributed by atoms with Crippen LogP contribution in [0.3, 0.4) is 0 Å². The first-order valence-electron chi connectivity index (χ1n) is 6.50. The number of benzene rings is 1. The maximum Gasteiger partial charge on any atom is 0.292 e. The number of nitrogens with one attached hydrogen (secondary N) is 1. The van der Waals surface area contributed by atoms with Gasteiger partial charge in [-0.2, -0.15) is 0 Å². The van der Waals surface area contributed by atoms with Gasteiger partial charge in [-0.05, 0) is 25.5 Å². The van der Waals surface area contributed by atoms with E-state index >= 15 is 0 Å². The number of hydrogen-bond acceptors (Lipinski definition) is 5. The minimum absolute atomic E-state index is 0.125. The van der Waals surface area contributed by atoms with Gasteiger partial charge in [-0.15, -0.1) is 0 Å². The molecule has 1 heterocycles. The van der Waals surface area contributed by atoms with Crippen LogP contribution < -0.4 is 5.32 Å². The molecule has 1 aliphatic heterocycles. The van der Waals surface area contributed by atoms with Gasteiger partial charge in [0.15, 0.2) is 0 Å². The van der Waals surface area contributed by atoms with Gasteiger partial charge >= 0.3 is 0 Å². The minimum Gasteiger partial charge on any atom is -0.392 e. The maximum atomic E-state index is 11.9. The van der Waals surface area contributed by atoms with E-state index in [1.807, 2.05) is 4.90 Å². The van der Waals surface area contributed by atoms with Crippen molar-refractivity contribution in [1.82, 2.24) is 4.90 Å². The van der Waals surface area contributed by atoms with E-state index in [9.17, 15) is 20.0 Å². The minimum atomic E-state index is -0.528. The van der Waals surface area contributed by atoms with E-state index in [-0.39, 0.29) is 23.8 Å². The van der Waals surface area contributed by atoms with Crippen LogP contribution in [-0.4, -0.2) is 46.6 Å². The highest BCUT2D eigenvalue weighted by atomic mass is 16.6. The standard InChI is InChI=1S/C13H17N3O4/c17-10-4-3-7-15(8-10)9-13(18)14-11-5-1-2-6-12(11)16(19)20/h1-2,5-6,10,17H,3-4,7-9H2,(H,14,18).